The third-order valence-corrected chi connectivity index (χ3v) is 10.3. The lowest BCUT2D eigenvalue weighted by molar-refractivity contribution is -0.137. The Hall–Kier alpha value is -3.23. The van der Waals surface area contributed by atoms with Crippen molar-refractivity contribution in [2.75, 3.05) is 31.1 Å². The molecule has 0 saturated carbocycles. The first-order chi connectivity index (χ1) is 20.5. The number of carbonyl (C=O) groups excluding carboxylic acids is 2. The summed E-state index contributed by atoms with van der Waals surface area (Å²) in [5.74, 6) is -0.303. The van der Waals surface area contributed by atoms with Gasteiger partial charge in [-0.1, -0.05) is 35.3 Å². The Bertz CT molecular complexity index is 1530. The lowest BCUT2D eigenvalue weighted by atomic mass is 9.71. The van der Waals surface area contributed by atoms with E-state index < -0.39 is 11.7 Å². The van der Waals surface area contributed by atoms with Gasteiger partial charge in [0.1, 0.15) is 0 Å². The highest BCUT2D eigenvalue weighted by molar-refractivity contribution is 6.43. The Balaban J connectivity index is 1.06. The van der Waals surface area contributed by atoms with Gasteiger partial charge in [0.05, 0.1) is 27.2 Å². The topological polar surface area (TPSA) is 52.7 Å². The van der Waals surface area contributed by atoms with Gasteiger partial charge >= 0.3 is 6.18 Å². The molecule has 0 aromatic heterocycles. The van der Waals surface area contributed by atoms with E-state index in [-0.39, 0.29) is 28.3 Å². The number of fused-ring (bicyclic) bond motifs is 1. The van der Waals surface area contributed by atoms with E-state index in [1.54, 1.807) is 30.3 Å². The molecule has 2 heterocycles. The van der Waals surface area contributed by atoms with Crippen LogP contribution in [-0.4, -0.2) is 42.9 Å². The minimum atomic E-state index is -4.33. The van der Waals surface area contributed by atoms with Crippen LogP contribution in [0.5, 0.6) is 0 Å². The summed E-state index contributed by atoms with van der Waals surface area (Å²) in [5.41, 5.74) is 3.35. The molecule has 1 unspecified atom stereocenters. The summed E-state index contributed by atoms with van der Waals surface area (Å²) in [7, 11) is 0. The van der Waals surface area contributed by atoms with Crippen LogP contribution in [0.1, 0.15) is 75.6 Å². The van der Waals surface area contributed by atoms with Gasteiger partial charge in [-0.25, -0.2) is 0 Å². The van der Waals surface area contributed by atoms with Crippen LogP contribution in [0.3, 0.4) is 0 Å². The summed E-state index contributed by atoms with van der Waals surface area (Å²) in [6.45, 7) is 2.92. The fraction of sp³-hybridized carbons (Fsp3) is 0.394. The zero-order chi connectivity index (χ0) is 30.4. The Morgan fingerprint density at radius 3 is 2.23 bits per heavy atom. The number of halogens is 5. The number of nitrogens with zero attached hydrogens (tertiary/aromatic N) is 2. The second kappa shape index (κ2) is 11.7. The normalized spacial score (nSPS) is 19.8. The molecule has 3 aliphatic rings. The molecule has 3 aromatic carbocycles. The van der Waals surface area contributed by atoms with Crippen LogP contribution in [0.2, 0.25) is 10.0 Å². The zero-order valence-electron chi connectivity index (χ0n) is 23.5. The van der Waals surface area contributed by atoms with Crippen molar-refractivity contribution in [3.63, 3.8) is 0 Å². The van der Waals surface area contributed by atoms with Gasteiger partial charge in [0, 0.05) is 37.4 Å². The first-order valence-corrected chi connectivity index (χ1v) is 15.4. The van der Waals surface area contributed by atoms with E-state index in [9.17, 15) is 22.8 Å². The molecule has 1 N–H and O–H groups in total. The fourth-order valence-corrected chi connectivity index (χ4v) is 7.15. The lowest BCUT2D eigenvalue weighted by Gasteiger charge is -2.47. The number of aryl methyl sites for hydroxylation is 1. The predicted molar refractivity (Wildman–Crippen MR) is 162 cm³/mol. The number of piperidine rings is 2. The van der Waals surface area contributed by atoms with Crippen LogP contribution in [-0.2, 0) is 12.6 Å². The molecule has 43 heavy (non-hydrogen) atoms. The average molecular weight is 631 g/mol. The van der Waals surface area contributed by atoms with Crippen molar-refractivity contribution in [1.82, 2.24) is 10.2 Å². The molecule has 226 valence electrons. The highest BCUT2D eigenvalue weighted by Gasteiger charge is 2.39. The van der Waals surface area contributed by atoms with Gasteiger partial charge in [0.25, 0.3) is 11.8 Å². The molecular formula is C33H32Cl2F3N3O2. The maximum absolute atomic E-state index is 13.6. The Morgan fingerprint density at radius 1 is 0.884 bits per heavy atom. The van der Waals surface area contributed by atoms with Gasteiger partial charge in [-0.15, -0.1) is 0 Å². The third-order valence-electron chi connectivity index (χ3n) is 9.47. The molecule has 10 heteroatoms. The van der Waals surface area contributed by atoms with Crippen molar-refractivity contribution < 1.29 is 22.8 Å². The van der Waals surface area contributed by atoms with E-state index in [1.807, 2.05) is 23.1 Å². The molecule has 1 aliphatic carbocycles. The van der Waals surface area contributed by atoms with E-state index in [4.69, 9.17) is 23.2 Å². The second-order valence-electron chi connectivity index (χ2n) is 11.9. The first kappa shape index (κ1) is 29.8. The van der Waals surface area contributed by atoms with Gasteiger partial charge in [0.2, 0.25) is 0 Å². The molecule has 1 atom stereocenters. The molecule has 3 aromatic rings. The van der Waals surface area contributed by atoms with Gasteiger partial charge in [-0.05, 0) is 104 Å². The number of hydrogen-bond acceptors (Lipinski definition) is 3. The number of carbonyl (C=O) groups is 2. The Labute approximate surface area is 258 Å². The summed E-state index contributed by atoms with van der Waals surface area (Å²) in [6.07, 6.45) is 0.938. The number of anilines is 1. The monoisotopic (exact) mass is 629 g/mol. The minimum absolute atomic E-state index is 0.00491. The SMILES string of the molecule is O=C(NC1CCc2ccc(C(=O)N3CCC4(CC3)CCN(c3ccc(C(F)(F)F)cc3)CC4)cc21)c1cccc(Cl)c1Cl. The predicted octanol–water partition coefficient (Wildman–Crippen LogP) is 7.95. The molecular weight excluding hydrogens is 598 g/mol. The molecule has 0 bridgehead atoms. The highest BCUT2D eigenvalue weighted by Crippen LogP contribution is 2.43. The molecule has 0 radical (unpaired) electrons. The maximum atomic E-state index is 13.6. The standard InChI is InChI=1S/C33H32Cl2F3N3O2/c34-27-3-1-2-25(29(27)35)30(42)39-28-11-6-21-4-5-22(20-26(21)28)31(43)41-18-14-32(15-19-41)12-16-40(17-13-32)24-9-7-23(8-10-24)33(36,37)38/h1-5,7-10,20,28H,6,11-19H2,(H,39,42). The molecule has 1 spiro atoms. The Morgan fingerprint density at radius 2 is 1.56 bits per heavy atom. The van der Waals surface area contributed by atoms with Crippen LogP contribution in [0.4, 0.5) is 18.9 Å². The fourth-order valence-electron chi connectivity index (χ4n) is 6.77. The minimum Gasteiger partial charge on any atom is -0.371 e. The zero-order valence-corrected chi connectivity index (χ0v) is 25.0. The summed E-state index contributed by atoms with van der Waals surface area (Å²) < 4.78 is 38.8. The van der Waals surface area contributed by atoms with Crippen LogP contribution in [0.25, 0.3) is 0 Å². The van der Waals surface area contributed by atoms with Crippen molar-refractivity contribution in [1.29, 1.82) is 0 Å². The van der Waals surface area contributed by atoms with Crippen LogP contribution >= 0.6 is 23.2 Å². The van der Waals surface area contributed by atoms with E-state index in [2.05, 4.69) is 10.2 Å². The van der Waals surface area contributed by atoms with E-state index in [0.717, 1.165) is 80.6 Å². The summed E-state index contributed by atoms with van der Waals surface area (Å²) >= 11 is 12.3. The van der Waals surface area contributed by atoms with E-state index >= 15 is 0 Å². The quantitative estimate of drug-likeness (QED) is 0.319. The number of benzene rings is 3. The van der Waals surface area contributed by atoms with Crippen molar-refractivity contribution in [3.8, 4) is 0 Å². The first-order valence-electron chi connectivity index (χ1n) is 14.6. The smallest absolute Gasteiger partial charge is 0.371 e. The highest BCUT2D eigenvalue weighted by atomic mass is 35.5. The molecule has 6 rings (SSSR count). The average Bonchev–Trinajstić information content (AvgIpc) is 3.40. The molecule has 5 nitrogen and oxygen atoms in total. The summed E-state index contributed by atoms with van der Waals surface area (Å²) in [4.78, 5) is 30.6. The molecule has 2 aliphatic heterocycles. The van der Waals surface area contributed by atoms with Crippen molar-refractivity contribution in [2.24, 2.45) is 5.41 Å². The Kier molecular flexibility index (Phi) is 8.11. The summed E-state index contributed by atoms with van der Waals surface area (Å²) in [6, 6.07) is 15.9. The van der Waals surface area contributed by atoms with Crippen LogP contribution in [0.15, 0.2) is 60.7 Å². The van der Waals surface area contributed by atoms with Gasteiger partial charge in [0.15, 0.2) is 0 Å². The molecule has 2 saturated heterocycles. The number of hydrogen-bond donors (Lipinski definition) is 1. The van der Waals surface area contributed by atoms with Gasteiger partial charge in [-0.3, -0.25) is 9.59 Å². The number of likely N-dealkylation sites (tertiary alicyclic amines) is 1. The molecule has 2 amide bonds. The third kappa shape index (κ3) is 6.09. The second-order valence-corrected chi connectivity index (χ2v) is 12.7. The van der Waals surface area contributed by atoms with Crippen LogP contribution < -0.4 is 10.2 Å². The maximum Gasteiger partial charge on any atom is 0.416 e. The van der Waals surface area contributed by atoms with Crippen LogP contribution in [0, 0.1) is 5.41 Å². The largest absolute Gasteiger partial charge is 0.416 e. The number of nitrogens with one attached hydrogen (secondary N) is 1. The van der Waals surface area contributed by atoms with E-state index in [1.165, 1.54) is 0 Å². The van der Waals surface area contributed by atoms with Crippen molar-refractivity contribution in [2.45, 2.75) is 50.7 Å². The van der Waals surface area contributed by atoms with Crippen molar-refractivity contribution >= 4 is 40.7 Å². The number of amides is 2. The number of rotatable bonds is 4. The van der Waals surface area contributed by atoms with Gasteiger partial charge in [-0.2, -0.15) is 13.2 Å². The van der Waals surface area contributed by atoms with Gasteiger partial charge < -0.3 is 15.1 Å². The lowest BCUT2D eigenvalue weighted by Crippen LogP contribution is -2.48. The van der Waals surface area contributed by atoms with E-state index in [0.29, 0.717) is 29.2 Å². The summed E-state index contributed by atoms with van der Waals surface area (Å²) in [5, 5.41) is 3.61. The van der Waals surface area contributed by atoms with Crippen molar-refractivity contribution in [3.05, 3.63) is 98.5 Å². The molecule has 2 fully saturated rings. The number of alkyl halides is 3.